The lowest BCUT2D eigenvalue weighted by atomic mass is 10.2. The molecule has 1 atom stereocenters. The third-order valence-electron chi connectivity index (χ3n) is 4.47. The summed E-state index contributed by atoms with van der Waals surface area (Å²) in [5, 5.41) is -0.652. The van der Waals surface area contributed by atoms with Crippen molar-refractivity contribution in [3.05, 3.63) is 18.5 Å². The van der Waals surface area contributed by atoms with Crippen LogP contribution < -0.4 is 4.90 Å². The second-order valence-corrected chi connectivity index (χ2v) is 7.11. The van der Waals surface area contributed by atoms with Gasteiger partial charge in [-0.15, -0.1) is 0 Å². The Labute approximate surface area is 118 Å². The molecule has 2 aliphatic rings. The molecule has 8 heteroatoms. The van der Waals surface area contributed by atoms with Crippen molar-refractivity contribution in [1.82, 2.24) is 9.97 Å². The summed E-state index contributed by atoms with van der Waals surface area (Å²) in [7, 11) is -3.97. The molecule has 0 aliphatic carbocycles. The zero-order chi connectivity index (χ0) is 14.2. The second-order valence-electron chi connectivity index (χ2n) is 5.54. The average molecular weight is 299 g/mol. The fraction of sp³-hybridized carbons (Fsp3) is 0.667. The van der Waals surface area contributed by atoms with Crippen molar-refractivity contribution >= 4 is 16.1 Å². The van der Waals surface area contributed by atoms with E-state index in [0.717, 1.165) is 26.1 Å². The summed E-state index contributed by atoms with van der Waals surface area (Å²) in [5.41, 5.74) is 0. The fourth-order valence-corrected chi connectivity index (χ4v) is 4.81. The van der Waals surface area contributed by atoms with E-state index in [1.165, 1.54) is 0 Å². The van der Waals surface area contributed by atoms with Crippen LogP contribution >= 0.6 is 0 Å². The van der Waals surface area contributed by atoms with E-state index in [0.29, 0.717) is 29.9 Å². The monoisotopic (exact) mass is 299 g/mol. The topological polar surface area (TPSA) is 83.4 Å². The van der Waals surface area contributed by atoms with Crippen LogP contribution in [-0.2, 0) is 10.1 Å². The Morgan fingerprint density at radius 3 is 2.45 bits per heavy atom. The minimum absolute atomic E-state index is 0.488. The van der Waals surface area contributed by atoms with E-state index >= 15 is 0 Å². The molecule has 110 valence electrons. The Morgan fingerprint density at radius 1 is 1.20 bits per heavy atom. The van der Waals surface area contributed by atoms with Crippen LogP contribution in [0.5, 0.6) is 0 Å². The van der Waals surface area contributed by atoms with Gasteiger partial charge in [0.05, 0.1) is 32.7 Å². The zero-order valence-corrected chi connectivity index (χ0v) is 12.0. The van der Waals surface area contributed by atoms with Gasteiger partial charge in [-0.1, -0.05) is 0 Å². The van der Waals surface area contributed by atoms with Crippen LogP contribution in [0.2, 0.25) is 0 Å². The van der Waals surface area contributed by atoms with Crippen molar-refractivity contribution in [3.8, 4) is 0 Å². The average Bonchev–Trinajstić information content (AvgIpc) is 2.84. The molecule has 2 aliphatic heterocycles. The number of piperazine rings is 1. The SMILES string of the molecule is O=S(=O)(O)C1CCC[N+]12CCN(c1ncccn1)CC2. The van der Waals surface area contributed by atoms with Gasteiger partial charge >= 0.3 is 10.1 Å². The first-order valence-electron chi connectivity index (χ1n) is 6.85. The Kier molecular flexibility index (Phi) is 3.39. The third-order valence-corrected chi connectivity index (χ3v) is 5.85. The third kappa shape index (κ3) is 2.38. The number of aromatic nitrogens is 2. The van der Waals surface area contributed by atoms with Gasteiger partial charge in [-0.2, -0.15) is 8.42 Å². The molecule has 1 aromatic rings. The van der Waals surface area contributed by atoms with Gasteiger partial charge in [0.15, 0.2) is 0 Å². The summed E-state index contributed by atoms with van der Waals surface area (Å²) in [4.78, 5) is 10.5. The molecule has 2 saturated heterocycles. The highest BCUT2D eigenvalue weighted by molar-refractivity contribution is 7.86. The van der Waals surface area contributed by atoms with E-state index in [-0.39, 0.29) is 0 Å². The van der Waals surface area contributed by atoms with Crippen LogP contribution in [-0.4, -0.2) is 65.5 Å². The molecular weight excluding hydrogens is 280 g/mol. The zero-order valence-electron chi connectivity index (χ0n) is 11.2. The van der Waals surface area contributed by atoms with Crippen molar-refractivity contribution < 1.29 is 17.5 Å². The molecule has 2 fully saturated rings. The molecule has 0 amide bonds. The van der Waals surface area contributed by atoms with Crippen molar-refractivity contribution in [2.24, 2.45) is 0 Å². The summed E-state index contributed by atoms with van der Waals surface area (Å²) >= 11 is 0. The van der Waals surface area contributed by atoms with E-state index in [1.54, 1.807) is 18.5 Å². The van der Waals surface area contributed by atoms with Crippen molar-refractivity contribution in [2.75, 3.05) is 37.6 Å². The van der Waals surface area contributed by atoms with E-state index in [2.05, 4.69) is 14.9 Å². The highest BCUT2D eigenvalue weighted by Crippen LogP contribution is 2.32. The molecule has 1 aromatic heterocycles. The molecule has 1 spiro atoms. The standard InChI is InChI=1S/C12H18N4O3S/c17-20(18,19)11-3-1-8-16(11)9-6-15(7-10-16)12-13-4-2-5-14-12/h2,4-5,11H,1,3,6-10H2/p+1. The smallest absolute Gasteiger partial charge is 0.319 e. The predicted molar refractivity (Wildman–Crippen MR) is 73.7 cm³/mol. The maximum atomic E-state index is 11.6. The lowest BCUT2D eigenvalue weighted by Crippen LogP contribution is -2.63. The summed E-state index contributed by atoms with van der Waals surface area (Å²) in [5.74, 6) is 0.688. The number of anilines is 1. The van der Waals surface area contributed by atoms with Gasteiger partial charge in [0.25, 0.3) is 0 Å². The number of hydrogen-bond acceptors (Lipinski definition) is 5. The molecule has 0 radical (unpaired) electrons. The first-order valence-corrected chi connectivity index (χ1v) is 8.36. The maximum Gasteiger partial charge on any atom is 0.319 e. The molecule has 1 N–H and O–H groups in total. The van der Waals surface area contributed by atoms with E-state index in [4.69, 9.17) is 0 Å². The number of nitrogens with zero attached hydrogens (tertiary/aromatic N) is 4. The van der Waals surface area contributed by atoms with Gasteiger partial charge in [0.2, 0.25) is 11.3 Å². The van der Waals surface area contributed by atoms with Crippen LogP contribution in [0.25, 0.3) is 0 Å². The van der Waals surface area contributed by atoms with Gasteiger partial charge in [0, 0.05) is 25.2 Å². The largest absolute Gasteiger partial charge is 0.330 e. The Hall–Kier alpha value is -1.25. The predicted octanol–water partition coefficient (Wildman–Crippen LogP) is 0.121. The van der Waals surface area contributed by atoms with E-state index < -0.39 is 15.5 Å². The number of hydrogen-bond donors (Lipinski definition) is 1. The second kappa shape index (κ2) is 4.94. The molecule has 1 unspecified atom stereocenters. The van der Waals surface area contributed by atoms with E-state index in [9.17, 15) is 13.0 Å². The molecule has 0 bridgehead atoms. The van der Waals surface area contributed by atoms with Crippen molar-refractivity contribution in [2.45, 2.75) is 18.2 Å². The molecule has 0 saturated carbocycles. The van der Waals surface area contributed by atoms with Crippen LogP contribution in [0.4, 0.5) is 5.95 Å². The van der Waals surface area contributed by atoms with Gasteiger partial charge in [-0.05, 0) is 6.07 Å². The maximum absolute atomic E-state index is 11.6. The highest BCUT2D eigenvalue weighted by Gasteiger charge is 2.50. The lowest BCUT2D eigenvalue weighted by Gasteiger charge is -2.44. The van der Waals surface area contributed by atoms with Gasteiger partial charge in [-0.3, -0.25) is 4.55 Å². The Morgan fingerprint density at radius 2 is 1.85 bits per heavy atom. The van der Waals surface area contributed by atoms with Crippen molar-refractivity contribution in [3.63, 3.8) is 0 Å². The summed E-state index contributed by atoms with van der Waals surface area (Å²) in [6.45, 7) is 3.69. The van der Waals surface area contributed by atoms with Crippen molar-refractivity contribution in [1.29, 1.82) is 0 Å². The summed E-state index contributed by atoms with van der Waals surface area (Å²) in [6.07, 6.45) is 4.82. The molecular formula is C12H19N4O3S+. The van der Waals surface area contributed by atoms with Crippen LogP contribution in [0, 0.1) is 0 Å². The van der Waals surface area contributed by atoms with Crippen LogP contribution in [0.1, 0.15) is 12.8 Å². The minimum Gasteiger partial charge on any atom is -0.330 e. The van der Waals surface area contributed by atoms with Gasteiger partial charge in [-0.25, -0.2) is 9.97 Å². The molecule has 3 heterocycles. The molecule has 20 heavy (non-hydrogen) atoms. The number of rotatable bonds is 2. The number of quaternary nitrogens is 1. The quantitative estimate of drug-likeness (QED) is 0.617. The first kappa shape index (κ1) is 13.7. The summed E-state index contributed by atoms with van der Waals surface area (Å²) in [6, 6.07) is 1.77. The summed E-state index contributed by atoms with van der Waals surface area (Å²) < 4.78 is 33.0. The first-order chi connectivity index (χ1) is 9.51. The highest BCUT2D eigenvalue weighted by atomic mass is 32.2. The van der Waals surface area contributed by atoms with Crippen LogP contribution in [0.3, 0.4) is 0 Å². The Balaban J connectivity index is 1.75. The lowest BCUT2D eigenvalue weighted by molar-refractivity contribution is -0.927. The van der Waals surface area contributed by atoms with Gasteiger partial charge < -0.3 is 9.38 Å². The minimum atomic E-state index is -3.97. The van der Waals surface area contributed by atoms with Crippen LogP contribution in [0.15, 0.2) is 18.5 Å². The molecule has 0 aromatic carbocycles. The van der Waals surface area contributed by atoms with Gasteiger partial charge in [0.1, 0.15) is 0 Å². The molecule has 3 rings (SSSR count). The van der Waals surface area contributed by atoms with E-state index in [1.807, 2.05) is 0 Å². The Bertz CT molecular complexity index is 570. The molecule has 7 nitrogen and oxygen atoms in total. The normalized spacial score (nSPS) is 26.1. The fourth-order valence-electron chi connectivity index (χ4n) is 3.46.